The van der Waals surface area contributed by atoms with Crippen molar-refractivity contribution >= 4 is 68.6 Å². The second-order valence-electron chi connectivity index (χ2n) is 12.6. The third kappa shape index (κ3) is 6.81. The Morgan fingerprint density at radius 1 is 0.596 bits per heavy atom. The van der Waals surface area contributed by atoms with Crippen LogP contribution < -0.4 is 15.9 Å². The quantitative estimate of drug-likeness (QED) is 0.135. The summed E-state index contributed by atoms with van der Waals surface area (Å²) < 4.78 is 0. The molecule has 47 heavy (non-hydrogen) atoms. The monoisotopic (exact) mass is 676 g/mol. The molecule has 7 heteroatoms. The second kappa shape index (κ2) is 14.4. The normalized spacial score (nSPS) is 18.6. The SMILES string of the molecule is CN1CCC[C@H]1c1ccc(Cl)nc1.CN1CCC[C@H]1c1cnc(Cl)cc1P(c1cccc2ccccc12)c1cccc2ccccc12. The molecular formula is C40H39Cl2N4P. The molecule has 0 spiro atoms. The first-order valence-corrected chi connectivity index (χ1v) is 18.5. The largest absolute Gasteiger partial charge is 0.299 e. The van der Waals surface area contributed by atoms with Crippen molar-refractivity contribution in [1.29, 1.82) is 0 Å². The number of aromatic nitrogens is 2. The molecule has 0 radical (unpaired) electrons. The summed E-state index contributed by atoms with van der Waals surface area (Å²) >= 11 is 12.3. The molecule has 4 heterocycles. The van der Waals surface area contributed by atoms with Gasteiger partial charge in [0.05, 0.1) is 0 Å². The van der Waals surface area contributed by atoms with E-state index in [2.05, 4.69) is 131 Å². The van der Waals surface area contributed by atoms with Crippen molar-refractivity contribution in [2.45, 2.75) is 37.8 Å². The maximum Gasteiger partial charge on any atom is 0.129 e. The van der Waals surface area contributed by atoms with Gasteiger partial charge in [-0.15, -0.1) is 0 Å². The molecule has 0 amide bonds. The van der Waals surface area contributed by atoms with Gasteiger partial charge in [-0.05, 0) is 122 Å². The molecule has 0 unspecified atom stereocenters. The Bertz CT molecular complexity index is 1910. The zero-order valence-corrected chi connectivity index (χ0v) is 29.3. The van der Waals surface area contributed by atoms with Gasteiger partial charge in [-0.2, -0.15) is 0 Å². The van der Waals surface area contributed by atoms with Crippen LogP contribution in [-0.2, 0) is 0 Å². The Morgan fingerprint density at radius 2 is 1.15 bits per heavy atom. The molecule has 8 rings (SSSR count). The van der Waals surface area contributed by atoms with Crippen molar-refractivity contribution in [3.05, 3.63) is 137 Å². The molecule has 2 atom stereocenters. The van der Waals surface area contributed by atoms with Crippen LogP contribution in [0.2, 0.25) is 10.3 Å². The highest BCUT2D eigenvalue weighted by atomic mass is 35.5. The fraction of sp³-hybridized carbons (Fsp3) is 0.250. The minimum Gasteiger partial charge on any atom is -0.299 e. The summed E-state index contributed by atoms with van der Waals surface area (Å²) in [5.41, 5.74) is 2.60. The van der Waals surface area contributed by atoms with E-state index in [1.807, 2.05) is 18.5 Å². The summed E-state index contributed by atoms with van der Waals surface area (Å²) in [6.07, 6.45) is 8.80. The molecule has 238 valence electrons. The molecule has 4 aromatic carbocycles. The maximum absolute atomic E-state index is 6.60. The van der Waals surface area contributed by atoms with Crippen molar-refractivity contribution in [3.63, 3.8) is 0 Å². The standard InChI is InChI=1S/C30H26ClN2P.C10H13ClN2/c1-33-18-8-15-26(33)25-20-32-30(31)19-29(25)34(27-16-6-11-21-9-2-4-13-23(21)27)28-17-7-12-22-10-3-5-14-24(22)28;1-13-6-2-3-9(13)8-4-5-10(11)12-7-8/h2-7,9-14,16-17,19-20,26H,8,15,18H2,1H3;4-5,7,9H,2-3,6H2,1H3/t26-;9-/m00/s1. The van der Waals surface area contributed by atoms with Crippen LogP contribution in [-0.4, -0.2) is 47.0 Å². The average molecular weight is 678 g/mol. The minimum absolute atomic E-state index is 0.370. The van der Waals surface area contributed by atoms with Gasteiger partial charge in [0.2, 0.25) is 0 Å². The number of likely N-dealkylation sites (tertiary alicyclic amines) is 2. The van der Waals surface area contributed by atoms with Gasteiger partial charge in [-0.1, -0.05) is 114 Å². The van der Waals surface area contributed by atoms with E-state index >= 15 is 0 Å². The number of rotatable bonds is 5. The highest BCUT2D eigenvalue weighted by molar-refractivity contribution is 7.80. The first-order chi connectivity index (χ1) is 23.0. The highest BCUT2D eigenvalue weighted by Crippen LogP contribution is 2.42. The summed E-state index contributed by atoms with van der Waals surface area (Å²) in [5.74, 6) is 0. The van der Waals surface area contributed by atoms with E-state index in [0.29, 0.717) is 22.4 Å². The molecule has 2 saturated heterocycles. The Balaban J connectivity index is 0.000000226. The first kappa shape index (κ1) is 32.2. The number of fused-ring (bicyclic) bond motifs is 2. The van der Waals surface area contributed by atoms with Gasteiger partial charge in [0, 0.05) is 24.5 Å². The van der Waals surface area contributed by atoms with Crippen molar-refractivity contribution in [2.24, 2.45) is 0 Å². The van der Waals surface area contributed by atoms with Crippen molar-refractivity contribution in [3.8, 4) is 0 Å². The van der Waals surface area contributed by atoms with Crippen LogP contribution in [0.25, 0.3) is 21.5 Å². The zero-order chi connectivity index (χ0) is 32.3. The van der Waals surface area contributed by atoms with Gasteiger partial charge in [-0.25, -0.2) is 9.97 Å². The molecule has 4 nitrogen and oxygen atoms in total. The lowest BCUT2D eigenvalue weighted by Crippen LogP contribution is -2.29. The van der Waals surface area contributed by atoms with E-state index in [4.69, 9.17) is 23.2 Å². The molecule has 2 aliphatic heterocycles. The van der Waals surface area contributed by atoms with E-state index in [0.717, 1.165) is 13.0 Å². The van der Waals surface area contributed by atoms with E-state index in [-0.39, 0.29) is 0 Å². The number of hydrogen-bond acceptors (Lipinski definition) is 4. The van der Waals surface area contributed by atoms with Crippen LogP contribution >= 0.6 is 31.1 Å². The van der Waals surface area contributed by atoms with Crippen LogP contribution in [0.3, 0.4) is 0 Å². The molecule has 0 N–H and O–H groups in total. The molecule has 0 saturated carbocycles. The molecule has 6 aromatic rings. The Morgan fingerprint density at radius 3 is 1.70 bits per heavy atom. The summed E-state index contributed by atoms with van der Waals surface area (Å²) in [6, 6.07) is 37.9. The Kier molecular flexibility index (Phi) is 9.86. The van der Waals surface area contributed by atoms with E-state index < -0.39 is 7.92 Å². The molecule has 2 fully saturated rings. The van der Waals surface area contributed by atoms with Crippen molar-refractivity contribution < 1.29 is 0 Å². The van der Waals surface area contributed by atoms with Gasteiger partial charge in [0.1, 0.15) is 10.3 Å². The van der Waals surface area contributed by atoms with Crippen LogP contribution in [0.5, 0.6) is 0 Å². The van der Waals surface area contributed by atoms with Gasteiger partial charge in [0.25, 0.3) is 0 Å². The molecule has 2 aliphatic rings. The van der Waals surface area contributed by atoms with Crippen molar-refractivity contribution in [1.82, 2.24) is 19.8 Å². The lowest BCUT2D eigenvalue weighted by Gasteiger charge is -2.29. The number of hydrogen-bond donors (Lipinski definition) is 0. The number of pyridine rings is 2. The van der Waals surface area contributed by atoms with Crippen molar-refractivity contribution in [2.75, 3.05) is 27.2 Å². The van der Waals surface area contributed by atoms with E-state index in [9.17, 15) is 0 Å². The zero-order valence-electron chi connectivity index (χ0n) is 26.9. The summed E-state index contributed by atoms with van der Waals surface area (Å²) in [5, 5.41) is 10.4. The Hall–Kier alpha value is -3.37. The molecular weight excluding hydrogens is 638 g/mol. The first-order valence-electron chi connectivity index (χ1n) is 16.4. The van der Waals surface area contributed by atoms with E-state index in [1.165, 1.54) is 74.4 Å². The third-order valence-corrected chi connectivity index (χ3v) is 12.7. The minimum atomic E-state index is -0.869. The van der Waals surface area contributed by atoms with Gasteiger partial charge < -0.3 is 0 Å². The summed E-state index contributed by atoms with van der Waals surface area (Å²) in [6.45, 7) is 2.31. The summed E-state index contributed by atoms with van der Waals surface area (Å²) in [7, 11) is 3.52. The molecule has 0 aliphatic carbocycles. The number of halogens is 2. The van der Waals surface area contributed by atoms with Crippen LogP contribution in [0.1, 0.15) is 48.9 Å². The van der Waals surface area contributed by atoms with Gasteiger partial charge in [0.15, 0.2) is 0 Å². The van der Waals surface area contributed by atoms with Gasteiger partial charge >= 0.3 is 0 Å². The number of nitrogens with zero attached hydrogens (tertiary/aromatic N) is 4. The lowest BCUT2D eigenvalue weighted by atomic mass is 10.1. The molecule has 2 aromatic heterocycles. The lowest BCUT2D eigenvalue weighted by molar-refractivity contribution is 0.317. The predicted octanol–water partition coefficient (Wildman–Crippen LogP) is 9.07. The summed E-state index contributed by atoms with van der Waals surface area (Å²) in [4.78, 5) is 13.5. The Labute approximate surface area is 289 Å². The van der Waals surface area contributed by atoms with E-state index in [1.54, 1.807) is 0 Å². The average Bonchev–Trinajstić information content (AvgIpc) is 3.73. The number of benzene rings is 4. The van der Waals surface area contributed by atoms with Crippen LogP contribution in [0.15, 0.2) is 116 Å². The van der Waals surface area contributed by atoms with Crippen LogP contribution in [0, 0.1) is 0 Å². The topological polar surface area (TPSA) is 32.3 Å². The maximum atomic E-state index is 6.60. The van der Waals surface area contributed by atoms with Gasteiger partial charge in [-0.3, -0.25) is 9.80 Å². The van der Waals surface area contributed by atoms with Crippen LogP contribution in [0.4, 0.5) is 0 Å². The predicted molar refractivity (Wildman–Crippen MR) is 201 cm³/mol. The third-order valence-electron chi connectivity index (χ3n) is 9.67. The highest BCUT2D eigenvalue weighted by Gasteiger charge is 2.30. The second-order valence-corrected chi connectivity index (χ2v) is 15.5. The fourth-order valence-electron chi connectivity index (χ4n) is 7.30. The fourth-order valence-corrected chi connectivity index (χ4v) is 10.5. The smallest absolute Gasteiger partial charge is 0.129 e. The molecule has 0 bridgehead atoms.